The first kappa shape index (κ1) is 102. The molecule has 4 aromatic heterocycles. The maximum absolute atomic E-state index is 13.6. The van der Waals surface area contributed by atoms with Gasteiger partial charge < -0.3 is 29.2 Å². The first-order valence-electron chi connectivity index (χ1n) is 48.6. The molecule has 18 heteroatoms. The van der Waals surface area contributed by atoms with Crippen molar-refractivity contribution in [2.75, 3.05) is 39.6 Å². The Morgan fingerprint density at radius 1 is 0.320 bits per heavy atom. The standard InChI is InChI=1S/C52H71NO7S.C23H19NO3S.C16H28O2.C15H28O2.CH4/c54-38-26-18-14-10-6-3-1-2-4-8-12-16-21-31-47(55)59-39-27-19-15-11-7-5-9-13-17-22-32-48(56)60-40-28-20-25-37-53-51(57)43-34-33-42-41-29-23-24-30-45(41)61-46-36-35-44(52(53)58)49(43)50(42)46;25-13-5-1-4-12-24-22(26)16-9-8-15-14-6-2-3-7-18(14)28-19-11-10-17(23(24)27)20(16)21(15)19;17-16-14-12-10-8-6-4-2-1-3-5-7-9-11-13-15-18-16;16-15-13-11-9-7-5-3-1-2-4-6-8-10-12-14-17-15;/h7,11,23-24,29-30,33-36,54H,1-6,8-10,12-22,25-28,31-32,37-40H2;2-3,6-11,25H,1,4-5,12-13H2;1-2H,3-15H2;1-14H2;1H4/b11-7+;;2-1+;;. The molecule has 0 bridgehead atoms. The predicted octanol–water partition coefficient (Wildman–Crippen LogP) is 27.6. The number of pyridine rings is 2. The van der Waals surface area contributed by atoms with Crippen LogP contribution in [0.25, 0.3) is 83.4 Å². The number of fused-ring (bicyclic) bond motifs is 4. The Labute approximate surface area is 752 Å². The van der Waals surface area contributed by atoms with Gasteiger partial charge in [0.05, 0.1) is 26.4 Å². The van der Waals surface area contributed by atoms with Crippen LogP contribution in [0.5, 0.6) is 0 Å². The molecule has 0 amide bonds. The molecule has 2 aliphatic heterocycles. The van der Waals surface area contributed by atoms with Crippen LogP contribution in [-0.4, -0.2) is 82.9 Å². The molecule has 125 heavy (non-hydrogen) atoms. The Balaban J connectivity index is 0.000000245. The van der Waals surface area contributed by atoms with Crippen molar-refractivity contribution in [1.82, 2.24) is 9.13 Å². The van der Waals surface area contributed by atoms with Crippen molar-refractivity contribution in [2.45, 2.75) is 367 Å². The van der Waals surface area contributed by atoms with Crippen LogP contribution >= 0.6 is 22.7 Å². The second-order valence-electron chi connectivity index (χ2n) is 34.5. The van der Waals surface area contributed by atoms with Crippen molar-refractivity contribution < 1.29 is 48.3 Å². The van der Waals surface area contributed by atoms with E-state index in [9.17, 15) is 38.4 Å². The molecular formula is C107H150N2O14S2. The van der Waals surface area contributed by atoms with Gasteiger partial charge in [-0.15, -0.1) is 22.7 Å². The fourth-order valence-corrected chi connectivity index (χ4v) is 19.6. The van der Waals surface area contributed by atoms with Gasteiger partial charge in [0.15, 0.2) is 0 Å². The summed E-state index contributed by atoms with van der Waals surface area (Å²) < 4.78 is 28.6. The summed E-state index contributed by atoms with van der Waals surface area (Å²) in [6.45, 7) is 3.33. The molecule has 1 saturated heterocycles. The van der Waals surface area contributed by atoms with Crippen LogP contribution in [0.2, 0.25) is 0 Å². The van der Waals surface area contributed by atoms with Gasteiger partial charge in [-0.25, -0.2) is 0 Å². The predicted molar refractivity (Wildman–Crippen MR) is 524 cm³/mol. The zero-order chi connectivity index (χ0) is 87.2. The quantitative estimate of drug-likeness (QED) is 0.00917. The van der Waals surface area contributed by atoms with Crippen LogP contribution in [0.15, 0.2) is 141 Å². The molecule has 0 atom stereocenters. The van der Waals surface area contributed by atoms with Crippen LogP contribution < -0.4 is 22.2 Å². The van der Waals surface area contributed by atoms with Gasteiger partial charge in [0.1, 0.15) is 0 Å². The second-order valence-corrected chi connectivity index (χ2v) is 36.6. The molecule has 0 radical (unpaired) electrons. The van der Waals surface area contributed by atoms with E-state index in [0.717, 1.165) is 174 Å². The molecule has 0 unspecified atom stereocenters. The normalized spacial score (nSPS) is 15.1. The van der Waals surface area contributed by atoms with E-state index < -0.39 is 0 Å². The molecule has 12 rings (SSSR count). The summed E-state index contributed by atoms with van der Waals surface area (Å²) in [5.74, 6) is -0.202. The summed E-state index contributed by atoms with van der Waals surface area (Å²) >= 11 is 3.37. The molecule has 2 N–H and O–H groups in total. The average Bonchev–Trinajstić information content (AvgIpc) is 0.722. The lowest BCUT2D eigenvalue weighted by Crippen LogP contribution is -2.33. The van der Waals surface area contributed by atoms with E-state index in [1.165, 1.54) is 192 Å². The zero-order valence-corrected chi connectivity index (χ0v) is 76.5. The molecule has 10 aromatic rings. The highest BCUT2D eigenvalue weighted by Gasteiger charge is 2.21. The smallest absolute Gasteiger partial charge is 0.305 e. The number of unbranched alkanes of at least 4 members (excludes halogenated alkanes) is 22. The highest BCUT2D eigenvalue weighted by atomic mass is 32.1. The summed E-state index contributed by atoms with van der Waals surface area (Å²) in [6, 6.07) is 32.0. The minimum absolute atomic E-state index is 0. The molecule has 6 heterocycles. The number of carbonyl (C=O) groups excluding carboxylic acids is 4. The molecular weight excluding hydrogens is 1600 g/mol. The van der Waals surface area contributed by atoms with Gasteiger partial charge in [0.2, 0.25) is 0 Å². The average molecular weight is 1750 g/mol. The third kappa shape index (κ3) is 35.4. The van der Waals surface area contributed by atoms with Crippen molar-refractivity contribution in [3.05, 3.63) is 163 Å². The molecule has 2 aliphatic rings. The Kier molecular flexibility index (Phi) is 50.2. The monoisotopic (exact) mass is 1750 g/mol. The third-order valence-electron chi connectivity index (χ3n) is 24.5. The van der Waals surface area contributed by atoms with Crippen molar-refractivity contribution in [3.8, 4) is 0 Å². The lowest BCUT2D eigenvalue weighted by Gasteiger charge is -2.14. The minimum atomic E-state index is -0.235. The highest BCUT2D eigenvalue weighted by Crippen LogP contribution is 2.42. The highest BCUT2D eigenvalue weighted by molar-refractivity contribution is 7.25. The van der Waals surface area contributed by atoms with Crippen molar-refractivity contribution in [2.24, 2.45) is 0 Å². The fourth-order valence-electron chi connectivity index (χ4n) is 17.3. The Morgan fingerprint density at radius 2 is 0.632 bits per heavy atom. The molecule has 6 aromatic carbocycles. The number of aliphatic hydroxyl groups is 2. The third-order valence-corrected chi connectivity index (χ3v) is 26.8. The number of esters is 4. The largest absolute Gasteiger partial charge is 0.466 e. The maximum atomic E-state index is 13.6. The van der Waals surface area contributed by atoms with Crippen LogP contribution in [-0.2, 0) is 51.2 Å². The van der Waals surface area contributed by atoms with E-state index in [4.69, 9.17) is 29.2 Å². The number of hydrogen-bond acceptors (Lipinski definition) is 16. The Bertz CT molecular complexity index is 4990. The molecule has 0 saturated carbocycles. The molecule has 1 fully saturated rings. The zero-order valence-electron chi connectivity index (χ0n) is 74.9. The number of nitrogens with zero attached hydrogens (tertiary/aromatic N) is 2. The number of aliphatic hydroxyl groups excluding tert-OH is 2. The molecule has 0 spiro atoms. The van der Waals surface area contributed by atoms with E-state index in [1.54, 1.807) is 22.7 Å². The van der Waals surface area contributed by atoms with Crippen LogP contribution in [0.4, 0.5) is 0 Å². The number of allylic oxidation sites excluding steroid dienone is 4. The van der Waals surface area contributed by atoms with Crippen molar-refractivity contribution in [3.63, 3.8) is 0 Å². The number of benzene rings is 6. The van der Waals surface area contributed by atoms with E-state index in [0.29, 0.717) is 119 Å². The summed E-state index contributed by atoms with van der Waals surface area (Å²) in [5.41, 5.74) is -0.898. The summed E-state index contributed by atoms with van der Waals surface area (Å²) in [7, 11) is 0. The lowest BCUT2D eigenvalue weighted by molar-refractivity contribution is -0.144. The van der Waals surface area contributed by atoms with Crippen molar-refractivity contribution >= 4 is 130 Å². The SMILES string of the molecule is C.O=C(CCCCCCCCCCCCCCCO)OCCCC/C=C/CCCCCCC(=O)OCCCCCn1c(=O)c2ccc3sc4ccccc4c4ccc(c1=O)c2c34.O=C1CCCCCC/C=C/CCCCCCCO1.O=C1CCCCCCCCCCCCCCO1.O=c1c2ccc3sc4ccccc4c4ccc(c(=O)n1CCCCCO)c2c34. The topological polar surface area (TPSA) is 224 Å². The first-order chi connectivity index (χ1) is 61.0. The van der Waals surface area contributed by atoms with Gasteiger partial charge in [-0.2, -0.15) is 0 Å². The van der Waals surface area contributed by atoms with Crippen LogP contribution in [0, 0.1) is 0 Å². The number of carbonyl (C=O) groups is 4. The number of hydrogen-bond donors (Lipinski definition) is 2. The minimum Gasteiger partial charge on any atom is -0.466 e. The van der Waals surface area contributed by atoms with Gasteiger partial charge >= 0.3 is 23.9 Å². The second kappa shape index (κ2) is 61.3. The van der Waals surface area contributed by atoms with Crippen LogP contribution in [0.3, 0.4) is 0 Å². The fraction of sp³-hybridized carbons (Fsp3) is 0.589. The first-order valence-corrected chi connectivity index (χ1v) is 50.2. The summed E-state index contributed by atoms with van der Waals surface area (Å²) in [4.78, 5) is 100. The van der Waals surface area contributed by atoms with E-state index in [1.807, 2.05) is 72.8 Å². The Hall–Kier alpha value is -8.16. The molecule has 16 nitrogen and oxygen atoms in total. The summed E-state index contributed by atoms with van der Waals surface area (Å²) in [6.07, 6.45) is 67.9. The lowest BCUT2D eigenvalue weighted by atomic mass is 9.97. The van der Waals surface area contributed by atoms with E-state index in [-0.39, 0.29) is 60.1 Å². The molecule has 0 aliphatic carbocycles. The number of ether oxygens (including phenoxy) is 4. The maximum Gasteiger partial charge on any atom is 0.305 e. The van der Waals surface area contributed by atoms with E-state index in [2.05, 4.69) is 48.6 Å². The summed E-state index contributed by atoms with van der Waals surface area (Å²) in [5, 5.41) is 28.2. The number of rotatable bonds is 38. The number of aromatic nitrogens is 2. The Morgan fingerprint density at radius 3 is 1.04 bits per heavy atom. The van der Waals surface area contributed by atoms with Gasteiger partial charge in [0, 0.05) is 114 Å². The van der Waals surface area contributed by atoms with Gasteiger partial charge in [-0.3, -0.25) is 47.5 Å². The van der Waals surface area contributed by atoms with Gasteiger partial charge in [-0.05, 0) is 211 Å². The molecule has 684 valence electrons. The van der Waals surface area contributed by atoms with Gasteiger partial charge in [-0.1, -0.05) is 260 Å². The van der Waals surface area contributed by atoms with Gasteiger partial charge in [0.25, 0.3) is 22.2 Å². The van der Waals surface area contributed by atoms with Crippen LogP contribution in [0.1, 0.15) is 354 Å². The van der Waals surface area contributed by atoms with Crippen molar-refractivity contribution in [1.29, 1.82) is 0 Å². The number of cyclic esters (lactones) is 2. The van der Waals surface area contributed by atoms with E-state index >= 15 is 0 Å².